The third kappa shape index (κ3) is 5.06. The molecule has 3 rings (SSSR count). The largest absolute Gasteiger partial charge is 0.433 e. The Morgan fingerprint density at radius 1 is 1.17 bits per heavy atom. The lowest BCUT2D eigenvalue weighted by molar-refractivity contribution is -0.141. The summed E-state index contributed by atoms with van der Waals surface area (Å²) in [5.41, 5.74) is 7.09. The zero-order valence-corrected chi connectivity index (χ0v) is 16.3. The van der Waals surface area contributed by atoms with Crippen molar-refractivity contribution in [3.8, 4) is 0 Å². The minimum Gasteiger partial charge on any atom is -0.356 e. The van der Waals surface area contributed by atoms with Gasteiger partial charge in [0.15, 0.2) is 0 Å². The van der Waals surface area contributed by atoms with Gasteiger partial charge in [-0.2, -0.15) is 13.2 Å². The first-order valence-electron chi connectivity index (χ1n) is 9.68. The molecule has 29 heavy (non-hydrogen) atoms. The van der Waals surface area contributed by atoms with E-state index in [1.165, 1.54) is 6.07 Å². The third-order valence-electron chi connectivity index (χ3n) is 5.21. The summed E-state index contributed by atoms with van der Waals surface area (Å²) < 4.78 is 39.3. The molecular formula is C21H25F3N4O. The van der Waals surface area contributed by atoms with Crippen LogP contribution in [0.5, 0.6) is 0 Å². The molecule has 0 radical (unpaired) electrons. The Balaban J connectivity index is 1.73. The molecule has 3 N–H and O–H groups in total. The number of pyridine rings is 1. The summed E-state index contributed by atoms with van der Waals surface area (Å²) in [6.45, 7) is 3.68. The topological polar surface area (TPSA) is 71.2 Å². The molecule has 0 saturated carbocycles. The number of carbonyl (C=O) groups excluding carboxylic acids is 1. The molecule has 1 aliphatic heterocycles. The van der Waals surface area contributed by atoms with Crippen LogP contribution in [0.2, 0.25) is 0 Å². The molecule has 1 aliphatic rings. The van der Waals surface area contributed by atoms with E-state index in [1.807, 2.05) is 29.2 Å². The molecule has 0 aliphatic carbocycles. The summed E-state index contributed by atoms with van der Waals surface area (Å²) in [5, 5.41) is 2.84. The summed E-state index contributed by atoms with van der Waals surface area (Å²) in [4.78, 5) is 18.3. The molecule has 1 atom stereocenters. The van der Waals surface area contributed by atoms with Gasteiger partial charge in [-0.15, -0.1) is 0 Å². The number of nitrogens with two attached hydrogens (primary N) is 1. The predicted molar refractivity (Wildman–Crippen MR) is 105 cm³/mol. The molecule has 1 amide bonds. The number of carbonyl (C=O) groups is 1. The first-order valence-corrected chi connectivity index (χ1v) is 9.68. The van der Waals surface area contributed by atoms with Crippen LogP contribution in [0.25, 0.3) is 0 Å². The van der Waals surface area contributed by atoms with E-state index < -0.39 is 11.9 Å². The van der Waals surface area contributed by atoms with Crippen LogP contribution in [0.4, 0.5) is 19.0 Å². The number of alkyl halides is 3. The van der Waals surface area contributed by atoms with Gasteiger partial charge in [-0.1, -0.05) is 30.3 Å². The number of nitrogens with zero attached hydrogens (tertiary/aromatic N) is 2. The highest BCUT2D eigenvalue weighted by molar-refractivity contribution is 5.83. The van der Waals surface area contributed by atoms with Crippen molar-refractivity contribution in [1.29, 1.82) is 0 Å². The summed E-state index contributed by atoms with van der Waals surface area (Å²) in [6, 6.07) is 9.86. The third-order valence-corrected chi connectivity index (χ3v) is 5.21. The monoisotopic (exact) mass is 406 g/mol. The van der Waals surface area contributed by atoms with Crippen LogP contribution in [0.1, 0.15) is 48.1 Å². The van der Waals surface area contributed by atoms with E-state index in [0.29, 0.717) is 31.0 Å². The average molecular weight is 406 g/mol. The number of hydrogen-bond acceptors (Lipinski definition) is 4. The maximum Gasteiger partial charge on any atom is 0.433 e. The fraction of sp³-hybridized carbons (Fsp3) is 0.429. The maximum atomic E-state index is 13.1. The van der Waals surface area contributed by atoms with E-state index in [-0.39, 0.29) is 18.4 Å². The number of halogens is 3. The second-order valence-electron chi connectivity index (χ2n) is 7.26. The highest BCUT2D eigenvalue weighted by atomic mass is 19.4. The van der Waals surface area contributed by atoms with Crippen molar-refractivity contribution >= 4 is 11.7 Å². The van der Waals surface area contributed by atoms with Crippen LogP contribution >= 0.6 is 0 Å². The zero-order chi connectivity index (χ0) is 21.0. The Hall–Kier alpha value is -2.61. The van der Waals surface area contributed by atoms with Crippen molar-refractivity contribution in [2.75, 3.05) is 18.0 Å². The van der Waals surface area contributed by atoms with Gasteiger partial charge in [0.1, 0.15) is 11.5 Å². The van der Waals surface area contributed by atoms with Gasteiger partial charge in [0, 0.05) is 31.7 Å². The lowest BCUT2D eigenvalue weighted by Crippen LogP contribution is -2.29. The van der Waals surface area contributed by atoms with E-state index in [2.05, 4.69) is 10.3 Å². The van der Waals surface area contributed by atoms with E-state index in [9.17, 15) is 18.0 Å². The first kappa shape index (κ1) is 21.1. The maximum absolute atomic E-state index is 13.1. The molecule has 0 spiro atoms. The normalized spacial score (nSPS) is 15.4. The molecule has 0 bridgehead atoms. The van der Waals surface area contributed by atoms with Gasteiger partial charge in [0.05, 0.1) is 5.92 Å². The van der Waals surface area contributed by atoms with Gasteiger partial charge >= 0.3 is 6.18 Å². The molecule has 2 aromatic rings. The zero-order valence-electron chi connectivity index (χ0n) is 16.3. The molecular weight excluding hydrogens is 381 g/mol. The van der Waals surface area contributed by atoms with Gasteiger partial charge in [-0.3, -0.25) is 4.79 Å². The average Bonchev–Trinajstić information content (AvgIpc) is 3.25. The van der Waals surface area contributed by atoms with E-state index in [1.54, 1.807) is 6.92 Å². The van der Waals surface area contributed by atoms with E-state index in [4.69, 9.17) is 5.73 Å². The van der Waals surface area contributed by atoms with Crippen molar-refractivity contribution in [3.05, 3.63) is 58.8 Å². The molecule has 1 aromatic carbocycles. The van der Waals surface area contributed by atoms with Crippen molar-refractivity contribution < 1.29 is 18.0 Å². The lowest BCUT2D eigenvalue weighted by Gasteiger charge is -2.22. The van der Waals surface area contributed by atoms with Crippen molar-refractivity contribution in [1.82, 2.24) is 10.3 Å². The summed E-state index contributed by atoms with van der Waals surface area (Å²) >= 11 is 0. The van der Waals surface area contributed by atoms with Gasteiger partial charge in [-0.25, -0.2) is 4.98 Å². The molecule has 1 fully saturated rings. The van der Waals surface area contributed by atoms with Crippen LogP contribution in [0.3, 0.4) is 0 Å². The van der Waals surface area contributed by atoms with Gasteiger partial charge in [0.2, 0.25) is 5.91 Å². The number of aromatic nitrogens is 1. The molecule has 8 heteroatoms. The highest BCUT2D eigenvalue weighted by Crippen LogP contribution is 2.31. The number of anilines is 1. The van der Waals surface area contributed by atoms with Crippen LogP contribution < -0.4 is 16.0 Å². The van der Waals surface area contributed by atoms with Crippen LogP contribution in [0.15, 0.2) is 36.4 Å². The van der Waals surface area contributed by atoms with Gasteiger partial charge in [-0.05, 0) is 37.0 Å². The number of amides is 1. The van der Waals surface area contributed by atoms with Crippen LogP contribution in [-0.2, 0) is 24.1 Å². The van der Waals surface area contributed by atoms with Crippen LogP contribution in [-0.4, -0.2) is 24.0 Å². The highest BCUT2D eigenvalue weighted by Gasteiger charge is 2.34. The second-order valence-corrected chi connectivity index (χ2v) is 7.26. The number of rotatable bonds is 6. The second kappa shape index (κ2) is 8.82. The lowest BCUT2D eigenvalue weighted by atomic mass is 9.99. The molecule has 2 heterocycles. The minimum absolute atomic E-state index is 0.126. The molecule has 1 saturated heterocycles. The van der Waals surface area contributed by atoms with Gasteiger partial charge < -0.3 is 16.0 Å². The summed E-state index contributed by atoms with van der Waals surface area (Å²) in [5.74, 6) is -0.283. The van der Waals surface area contributed by atoms with Crippen LogP contribution in [0, 0.1) is 0 Å². The smallest absolute Gasteiger partial charge is 0.356 e. The standard InChI is InChI=1S/C21H25F3N4O/c1-14(16-6-4-15(12-25)5-7-16)20(29)26-13-17-8-9-18(21(22,23)24)27-19(17)28-10-2-3-11-28/h4-9,14H,2-3,10-13,25H2,1H3,(H,26,29). The van der Waals surface area contributed by atoms with Crippen molar-refractivity contribution in [2.24, 2.45) is 5.73 Å². The summed E-state index contributed by atoms with van der Waals surface area (Å²) in [7, 11) is 0. The quantitative estimate of drug-likeness (QED) is 0.769. The molecule has 156 valence electrons. The fourth-order valence-corrected chi connectivity index (χ4v) is 3.41. The number of hydrogen-bond donors (Lipinski definition) is 2. The van der Waals surface area contributed by atoms with Gasteiger partial charge in [0.25, 0.3) is 0 Å². The number of benzene rings is 1. The Kier molecular flexibility index (Phi) is 6.42. The molecule has 5 nitrogen and oxygen atoms in total. The molecule has 1 aromatic heterocycles. The first-order chi connectivity index (χ1) is 13.8. The molecule has 1 unspecified atom stereocenters. The van der Waals surface area contributed by atoms with E-state index >= 15 is 0 Å². The Morgan fingerprint density at radius 2 is 1.83 bits per heavy atom. The van der Waals surface area contributed by atoms with E-state index in [0.717, 1.165) is 30.0 Å². The Labute approximate surface area is 168 Å². The SMILES string of the molecule is CC(C(=O)NCc1ccc(C(F)(F)F)nc1N1CCCC1)c1ccc(CN)cc1. The Bertz CT molecular complexity index is 846. The van der Waals surface area contributed by atoms with Crippen molar-refractivity contribution in [3.63, 3.8) is 0 Å². The summed E-state index contributed by atoms with van der Waals surface area (Å²) in [6.07, 6.45) is -2.67. The van der Waals surface area contributed by atoms with Crippen molar-refractivity contribution in [2.45, 2.75) is 44.9 Å². The predicted octanol–water partition coefficient (Wildman–Crippen LogP) is 3.58. The number of nitrogens with one attached hydrogen (secondary N) is 1. The Morgan fingerprint density at radius 3 is 2.41 bits per heavy atom. The minimum atomic E-state index is -4.50. The fourth-order valence-electron chi connectivity index (χ4n) is 3.41.